The highest BCUT2D eigenvalue weighted by atomic mass is 16.6. The molecule has 1 saturated carbocycles. The molecule has 0 heterocycles. The first-order chi connectivity index (χ1) is 8.75. The van der Waals surface area contributed by atoms with Crippen molar-refractivity contribution in [1.82, 2.24) is 0 Å². The number of hydrogen-bond donors (Lipinski definition) is 1. The van der Waals surface area contributed by atoms with Crippen LogP contribution in [0.15, 0.2) is 24.3 Å². The maximum absolute atomic E-state index is 10.5. The lowest BCUT2D eigenvalue weighted by atomic mass is 9.87. The van der Waals surface area contributed by atoms with Gasteiger partial charge in [0.05, 0.1) is 4.92 Å². The van der Waals surface area contributed by atoms with Gasteiger partial charge in [0.15, 0.2) is 0 Å². The maximum atomic E-state index is 10.5. The summed E-state index contributed by atoms with van der Waals surface area (Å²) in [4.78, 5) is 10.1. The van der Waals surface area contributed by atoms with Crippen LogP contribution in [0.25, 0.3) is 0 Å². The molecule has 4 nitrogen and oxygen atoms in total. The fraction of sp³-hybridized carbons (Fsp3) is 0.571. The second-order valence-corrected chi connectivity index (χ2v) is 5.02. The third-order valence-corrected chi connectivity index (χ3v) is 3.68. The molecule has 1 aliphatic carbocycles. The third-order valence-electron chi connectivity index (χ3n) is 3.68. The van der Waals surface area contributed by atoms with Crippen molar-refractivity contribution in [3.63, 3.8) is 0 Å². The van der Waals surface area contributed by atoms with E-state index < -0.39 is 0 Å². The molecule has 1 aromatic rings. The lowest BCUT2D eigenvalue weighted by Crippen LogP contribution is -2.12. The predicted molar refractivity (Wildman–Crippen MR) is 72.8 cm³/mol. The minimum atomic E-state index is -0.369. The number of non-ortho nitro benzene ring substituents is 1. The van der Waals surface area contributed by atoms with Gasteiger partial charge in [-0.3, -0.25) is 10.1 Å². The molecular weight excluding hydrogens is 228 g/mol. The molecule has 4 heteroatoms. The summed E-state index contributed by atoms with van der Waals surface area (Å²) in [5.41, 5.74) is 1.12. The second-order valence-electron chi connectivity index (χ2n) is 5.02. The lowest BCUT2D eigenvalue weighted by molar-refractivity contribution is -0.384. The molecule has 18 heavy (non-hydrogen) atoms. The monoisotopic (exact) mass is 248 g/mol. The van der Waals surface area contributed by atoms with Crippen LogP contribution in [0.4, 0.5) is 11.4 Å². The molecule has 0 saturated heterocycles. The SMILES string of the molecule is O=[N+]([O-])c1ccc(NCCC2CCCCC2)cc1. The van der Waals surface area contributed by atoms with Crippen LogP contribution in [-0.4, -0.2) is 11.5 Å². The first-order valence-electron chi connectivity index (χ1n) is 6.74. The van der Waals surface area contributed by atoms with E-state index in [2.05, 4.69) is 5.32 Å². The molecule has 98 valence electrons. The van der Waals surface area contributed by atoms with Gasteiger partial charge in [0, 0.05) is 24.4 Å². The maximum Gasteiger partial charge on any atom is 0.269 e. The standard InChI is InChI=1S/C14H20N2O2/c17-16(18)14-8-6-13(7-9-14)15-11-10-12-4-2-1-3-5-12/h6-9,12,15H,1-5,10-11H2. The Hall–Kier alpha value is -1.58. The van der Waals surface area contributed by atoms with Crippen LogP contribution in [0.3, 0.4) is 0 Å². The summed E-state index contributed by atoms with van der Waals surface area (Å²) < 4.78 is 0. The quantitative estimate of drug-likeness (QED) is 0.633. The number of rotatable bonds is 5. The average Bonchev–Trinajstić information content (AvgIpc) is 2.40. The van der Waals surface area contributed by atoms with Crippen LogP contribution in [0.2, 0.25) is 0 Å². The Balaban J connectivity index is 1.74. The Labute approximate surface area is 108 Å². The van der Waals surface area contributed by atoms with E-state index in [0.29, 0.717) is 0 Å². The van der Waals surface area contributed by atoms with Gasteiger partial charge in [-0.1, -0.05) is 32.1 Å². The molecule has 0 radical (unpaired) electrons. The van der Waals surface area contributed by atoms with Crippen molar-refractivity contribution in [3.05, 3.63) is 34.4 Å². The first-order valence-corrected chi connectivity index (χ1v) is 6.74. The van der Waals surface area contributed by atoms with E-state index in [0.717, 1.165) is 18.2 Å². The Morgan fingerprint density at radius 2 is 1.83 bits per heavy atom. The fourth-order valence-corrected chi connectivity index (χ4v) is 2.60. The summed E-state index contributed by atoms with van der Waals surface area (Å²) in [6.07, 6.45) is 8.08. The number of hydrogen-bond acceptors (Lipinski definition) is 3. The highest BCUT2D eigenvalue weighted by molar-refractivity contribution is 5.48. The minimum absolute atomic E-state index is 0.146. The molecule has 0 aromatic heterocycles. The van der Waals surface area contributed by atoms with Crippen LogP contribution < -0.4 is 5.32 Å². The number of nitro benzene ring substituents is 1. The van der Waals surface area contributed by atoms with Gasteiger partial charge in [0.25, 0.3) is 5.69 Å². The van der Waals surface area contributed by atoms with Gasteiger partial charge in [-0.2, -0.15) is 0 Å². The molecule has 1 aliphatic rings. The van der Waals surface area contributed by atoms with Gasteiger partial charge < -0.3 is 5.32 Å². The van der Waals surface area contributed by atoms with Crippen molar-refractivity contribution in [2.45, 2.75) is 38.5 Å². The Bertz CT molecular complexity index is 383. The molecule has 1 N–H and O–H groups in total. The summed E-state index contributed by atoms with van der Waals surface area (Å²) in [6.45, 7) is 0.961. The first kappa shape index (κ1) is 12.9. The van der Waals surface area contributed by atoms with Gasteiger partial charge in [0.2, 0.25) is 0 Å². The van der Waals surface area contributed by atoms with Crippen LogP contribution in [0.5, 0.6) is 0 Å². The van der Waals surface area contributed by atoms with Crippen molar-refractivity contribution in [2.75, 3.05) is 11.9 Å². The van der Waals surface area contributed by atoms with E-state index in [-0.39, 0.29) is 10.6 Å². The van der Waals surface area contributed by atoms with Gasteiger partial charge in [-0.15, -0.1) is 0 Å². The zero-order chi connectivity index (χ0) is 12.8. The minimum Gasteiger partial charge on any atom is -0.385 e. The molecule has 0 bridgehead atoms. The van der Waals surface area contributed by atoms with E-state index in [1.54, 1.807) is 24.3 Å². The van der Waals surface area contributed by atoms with Crippen molar-refractivity contribution in [2.24, 2.45) is 5.92 Å². The van der Waals surface area contributed by atoms with E-state index >= 15 is 0 Å². The molecule has 0 atom stereocenters. The number of nitro groups is 1. The highest BCUT2D eigenvalue weighted by Crippen LogP contribution is 2.26. The van der Waals surface area contributed by atoms with E-state index in [9.17, 15) is 10.1 Å². The number of anilines is 1. The van der Waals surface area contributed by atoms with Gasteiger partial charge in [0.1, 0.15) is 0 Å². The molecule has 2 rings (SSSR count). The molecule has 0 aliphatic heterocycles. The zero-order valence-electron chi connectivity index (χ0n) is 10.6. The normalized spacial score (nSPS) is 16.4. The Morgan fingerprint density at radius 3 is 2.44 bits per heavy atom. The number of nitrogens with one attached hydrogen (secondary N) is 1. The van der Waals surface area contributed by atoms with Crippen LogP contribution in [0.1, 0.15) is 38.5 Å². The molecule has 0 amide bonds. The second kappa shape index (κ2) is 6.38. The lowest BCUT2D eigenvalue weighted by Gasteiger charge is -2.21. The summed E-state index contributed by atoms with van der Waals surface area (Å²) in [6, 6.07) is 6.64. The summed E-state index contributed by atoms with van der Waals surface area (Å²) in [5.74, 6) is 0.865. The van der Waals surface area contributed by atoms with E-state index in [1.165, 1.54) is 38.5 Å². The van der Waals surface area contributed by atoms with E-state index in [4.69, 9.17) is 0 Å². The summed E-state index contributed by atoms with van der Waals surface area (Å²) in [7, 11) is 0. The Kier molecular flexibility index (Phi) is 4.56. The molecule has 1 aromatic carbocycles. The molecule has 0 spiro atoms. The van der Waals surface area contributed by atoms with Crippen LogP contribution in [0, 0.1) is 16.0 Å². The van der Waals surface area contributed by atoms with Crippen LogP contribution in [-0.2, 0) is 0 Å². The number of nitrogens with zero attached hydrogens (tertiary/aromatic N) is 1. The smallest absolute Gasteiger partial charge is 0.269 e. The topological polar surface area (TPSA) is 55.2 Å². The van der Waals surface area contributed by atoms with Crippen molar-refractivity contribution in [3.8, 4) is 0 Å². The van der Waals surface area contributed by atoms with Crippen molar-refractivity contribution >= 4 is 11.4 Å². The average molecular weight is 248 g/mol. The van der Waals surface area contributed by atoms with Gasteiger partial charge in [-0.25, -0.2) is 0 Å². The highest BCUT2D eigenvalue weighted by Gasteiger charge is 2.12. The number of benzene rings is 1. The van der Waals surface area contributed by atoms with E-state index in [1.807, 2.05) is 0 Å². The Morgan fingerprint density at radius 1 is 1.17 bits per heavy atom. The molecule has 0 unspecified atom stereocenters. The largest absolute Gasteiger partial charge is 0.385 e. The predicted octanol–water partition coefficient (Wildman–Crippen LogP) is 3.98. The zero-order valence-corrected chi connectivity index (χ0v) is 10.6. The fourth-order valence-electron chi connectivity index (χ4n) is 2.60. The van der Waals surface area contributed by atoms with Crippen molar-refractivity contribution < 1.29 is 4.92 Å². The molecular formula is C14H20N2O2. The van der Waals surface area contributed by atoms with Gasteiger partial charge >= 0.3 is 0 Å². The summed E-state index contributed by atoms with van der Waals surface area (Å²) >= 11 is 0. The van der Waals surface area contributed by atoms with Crippen LogP contribution >= 0.6 is 0 Å². The molecule has 1 fully saturated rings. The third kappa shape index (κ3) is 3.72. The van der Waals surface area contributed by atoms with Gasteiger partial charge in [-0.05, 0) is 24.5 Å². The van der Waals surface area contributed by atoms with Crippen molar-refractivity contribution in [1.29, 1.82) is 0 Å². The summed E-state index contributed by atoms with van der Waals surface area (Å²) in [5, 5.41) is 13.9.